The summed E-state index contributed by atoms with van der Waals surface area (Å²) >= 11 is 0. The van der Waals surface area contributed by atoms with Crippen molar-refractivity contribution in [3.8, 4) is 11.4 Å². The van der Waals surface area contributed by atoms with Crippen LogP contribution in [0.1, 0.15) is 36.6 Å². The highest BCUT2D eigenvalue weighted by Crippen LogP contribution is 2.31. The first kappa shape index (κ1) is 23.8. The summed E-state index contributed by atoms with van der Waals surface area (Å²) in [7, 11) is 5.53. The van der Waals surface area contributed by atoms with E-state index in [0.717, 1.165) is 47.1 Å². The van der Waals surface area contributed by atoms with E-state index in [2.05, 4.69) is 42.9 Å². The number of nitrogens with zero attached hydrogens (tertiary/aromatic N) is 8. The minimum atomic E-state index is -0.922. The SMILES string of the molecule is CCN(CC)c1ccc(/N=C2/C(C(O)N(C)C)=Nn3c2nc(C)c3-c2cc(C)n(C)n2)c(C)c1. The summed E-state index contributed by atoms with van der Waals surface area (Å²) in [6, 6.07) is 8.28. The van der Waals surface area contributed by atoms with Crippen LogP contribution < -0.4 is 4.90 Å². The molecular weight excluding hydrogens is 428 g/mol. The van der Waals surface area contributed by atoms with Crippen LogP contribution in [0.4, 0.5) is 11.4 Å². The second-order valence-electron chi connectivity index (χ2n) is 8.90. The van der Waals surface area contributed by atoms with Crippen LogP contribution in [-0.2, 0) is 7.05 Å². The van der Waals surface area contributed by atoms with Gasteiger partial charge in [0.25, 0.3) is 0 Å². The zero-order chi connectivity index (χ0) is 24.7. The standard InChI is InChI=1S/C25H34N8O/c1-9-32(10-2)18-11-12-19(15(3)13-18)27-21-22(25(34)30(6)7)29-33-23(17(5)26-24(21)33)20-14-16(4)31(8)28-20/h11-14,25,34H,9-10H2,1-8H3/b27-21-. The van der Waals surface area contributed by atoms with Crippen LogP contribution in [0, 0.1) is 20.8 Å². The molecule has 0 saturated heterocycles. The van der Waals surface area contributed by atoms with Crippen LogP contribution in [0.15, 0.2) is 34.4 Å². The fourth-order valence-corrected chi connectivity index (χ4v) is 4.21. The molecular formula is C25H34N8O. The van der Waals surface area contributed by atoms with Crippen LogP contribution in [0.2, 0.25) is 0 Å². The number of aryl methyl sites for hydroxylation is 4. The van der Waals surface area contributed by atoms with Gasteiger partial charge in [-0.2, -0.15) is 10.2 Å². The van der Waals surface area contributed by atoms with Gasteiger partial charge in [-0.3, -0.25) is 9.58 Å². The van der Waals surface area contributed by atoms with Crippen molar-refractivity contribution < 1.29 is 5.11 Å². The third-order valence-corrected chi connectivity index (χ3v) is 6.32. The minimum Gasteiger partial charge on any atom is -0.372 e. The largest absolute Gasteiger partial charge is 0.372 e. The second kappa shape index (κ2) is 9.15. The number of aliphatic hydroxyl groups is 1. The molecule has 0 bridgehead atoms. The van der Waals surface area contributed by atoms with E-state index in [1.807, 2.05) is 51.8 Å². The van der Waals surface area contributed by atoms with E-state index < -0.39 is 6.23 Å². The second-order valence-corrected chi connectivity index (χ2v) is 8.90. The average molecular weight is 463 g/mol. The van der Waals surface area contributed by atoms with Crippen LogP contribution in [0.3, 0.4) is 0 Å². The number of benzene rings is 1. The molecule has 1 aliphatic rings. The Morgan fingerprint density at radius 1 is 1.09 bits per heavy atom. The molecule has 9 nitrogen and oxygen atoms in total. The molecule has 1 N–H and O–H groups in total. The topological polar surface area (TPSA) is 87.1 Å². The van der Waals surface area contributed by atoms with Gasteiger partial charge in [-0.1, -0.05) is 0 Å². The van der Waals surface area contributed by atoms with Crippen molar-refractivity contribution in [1.29, 1.82) is 0 Å². The van der Waals surface area contributed by atoms with E-state index in [9.17, 15) is 5.11 Å². The lowest BCUT2D eigenvalue weighted by molar-refractivity contribution is 0.103. The number of hydrogen-bond donors (Lipinski definition) is 1. The van der Waals surface area contributed by atoms with Gasteiger partial charge in [0.05, 0.1) is 11.4 Å². The van der Waals surface area contributed by atoms with Gasteiger partial charge in [0, 0.05) is 31.5 Å². The molecule has 0 aliphatic carbocycles. The van der Waals surface area contributed by atoms with Crippen molar-refractivity contribution in [2.24, 2.45) is 17.1 Å². The van der Waals surface area contributed by atoms with E-state index in [4.69, 9.17) is 15.1 Å². The molecule has 2 aromatic heterocycles. The van der Waals surface area contributed by atoms with E-state index >= 15 is 0 Å². The van der Waals surface area contributed by atoms with Crippen molar-refractivity contribution >= 4 is 22.8 Å². The summed E-state index contributed by atoms with van der Waals surface area (Å²) in [6.45, 7) is 12.2. The van der Waals surface area contributed by atoms with Crippen molar-refractivity contribution in [2.45, 2.75) is 40.8 Å². The average Bonchev–Trinajstić information content (AvgIpc) is 3.41. The molecule has 4 rings (SSSR count). The quantitative estimate of drug-likeness (QED) is 0.545. The first-order chi connectivity index (χ1) is 16.2. The van der Waals surface area contributed by atoms with Gasteiger partial charge in [-0.25, -0.2) is 14.7 Å². The Bertz CT molecular complexity index is 1260. The number of hydrogen-bond acceptors (Lipinski definition) is 7. The van der Waals surface area contributed by atoms with Crippen LogP contribution >= 0.6 is 0 Å². The van der Waals surface area contributed by atoms with E-state index in [0.29, 0.717) is 17.2 Å². The predicted molar refractivity (Wildman–Crippen MR) is 137 cm³/mol. The summed E-state index contributed by atoms with van der Waals surface area (Å²) < 4.78 is 3.59. The first-order valence-corrected chi connectivity index (χ1v) is 11.6. The molecule has 180 valence electrons. The molecule has 1 atom stereocenters. The van der Waals surface area contributed by atoms with Gasteiger partial charge in [0.2, 0.25) is 0 Å². The van der Waals surface area contributed by atoms with Crippen molar-refractivity contribution in [2.75, 3.05) is 32.1 Å². The highest BCUT2D eigenvalue weighted by atomic mass is 16.3. The Balaban J connectivity index is 1.86. The summed E-state index contributed by atoms with van der Waals surface area (Å²) in [4.78, 5) is 13.8. The predicted octanol–water partition coefficient (Wildman–Crippen LogP) is 3.27. The number of fused-ring (bicyclic) bond motifs is 1. The van der Waals surface area contributed by atoms with Crippen molar-refractivity contribution in [1.82, 2.24) is 24.3 Å². The molecule has 1 unspecified atom stereocenters. The van der Waals surface area contributed by atoms with Gasteiger partial charge < -0.3 is 10.0 Å². The molecule has 3 heterocycles. The fourth-order valence-electron chi connectivity index (χ4n) is 4.21. The Morgan fingerprint density at radius 2 is 1.79 bits per heavy atom. The lowest BCUT2D eigenvalue weighted by atomic mass is 10.1. The highest BCUT2D eigenvalue weighted by Gasteiger charge is 2.34. The number of aliphatic imine (C=N–C) groups is 1. The van der Waals surface area contributed by atoms with Gasteiger partial charge >= 0.3 is 0 Å². The molecule has 0 saturated carbocycles. The Kier molecular flexibility index (Phi) is 6.42. The number of aromatic nitrogens is 4. The van der Waals surface area contributed by atoms with Crippen LogP contribution in [0.5, 0.6) is 0 Å². The lowest BCUT2D eigenvalue weighted by Gasteiger charge is -2.22. The molecule has 0 fully saturated rings. The normalized spacial score (nSPS) is 15.2. The van der Waals surface area contributed by atoms with Crippen molar-refractivity contribution in [3.05, 3.63) is 47.0 Å². The maximum absolute atomic E-state index is 10.9. The Hall–Kier alpha value is -3.30. The maximum Gasteiger partial charge on any atom is 0.182 e. The molecule has 1 aromatic carbocycles. The lowest BCUT2D eigenvalue weighted by Crippen LogP contribution is -2.38. The third kappa shape index (κ3) is 4.05. The zero-order valence-electron chi connectivity index (χ0n) is 21.3. The third-order valence-electron chi connectivity index (χ3n) is 6.32. The molecule has 9 heteroatoms. The van der Waals surface area contributed by atoms with Crippen LogP contribution in [-0.4, -0.2) is 74.3 Å². The van der Waals surface area contributed by atoms with Gasteiger partial charge in [0.1, 0.15) is 22.8 Å². The Morgan fingerprint density at radius 3 is 2.35 bits per heavy atom. The van der Waals surface area contributed by atoms with Gasteiger partial charge in [-0.15, -0.1) is 0 Å². The molecule has 0 amide bonds. The first-order valence-electron chi connectivity index (χ1n) is 11.6. The molecule has 0 spiro atoms. The van der Waals surface area contributed by atoms with Crippen molar-refractivity contribution in [3.63, 3.8) is 0 Å². The molecule has 1 aliphatic heterocycles. The summed E-state index contributed by atoms with van der Waals surface area (Å²) in [6.07, 6.45) is -0.922. The summed E-state index contributed by atoms with van der Waals surface area (Å²) in [5.41, 5.74) is 7.54. The Labute approximate surface area is 201 Å². The fraction of sp³-hybridized carbons (Fsp3) is 0.440. The molecule has 0 radical (unpaired) electrons. The zero-order valence-corrected chi connectivity index (χ0v) is 21.3. The number of anilines is 1. The maximum atomic E-state index is 10.9. The molecule has 34 heavy (non-hydrogen) atoms. The van der Waals surface area contributed by atoms with E-state index in [1.54, 1.807) is 9.58 Å². The summed E-state index contributed by atoms with van der Waals surface area (Å²) in [5, 5.41) is 20.4. The van der Waals surface area contributed by atoms with Gasteiger partial charge in [-0.05, 0) is 78.5 Å². The van der Waals surface area contributed by atoms with E-state index in [-0.39, 0.29) is 0 Å². The molecule has 3 aromatic rings. The number of rotatable bonds is 7. The van der Waals surface area contributed by atoms with E-state index in [1.165, 1.54) is 5.69 Å². The minimum absolute atomic E-state index is 0.466. The highest BCUT2D eigenvalue weighted by molar-refractivity contribution is 6.50. The summed E-state index contributed by atoms with van der Waals surface area (Å²) in [5.74, 6) is 0.610. The number of imidazole rings is 1. The monoisotopic (exact) mass is 462 g/mol. The smallest absolute Gasteiger partial charge is 0.182 e. The number of aliphatic hydroxyl groups excluding tert-OH is 1. The van der Waals surface area contributed by atoms with Crippen LogP contribution in [0.25, 0.3) is 11.4 Å². The van der Waals surface area contributed by atoms with Gasteiger partial charge in [0.15, 0.2) is 12.1 Å².